The molecule has 1 aliphatic heterocycles. The number of fused-ring (bicyclic) bond motifs is 1. The molecule has 0 spiro atoms. The normalized spacial score (nSPS) is 13.2. The van der Waals surface area contributed by atoms with Gasteiger partial charge in [-0.25, -0.2) is 4.79 Å². The second-order valence-electron chi connectivity index (χ2n) is 4.70. The molecule has 2 rings (SSSR count). The summed E-state index contributed by atoms with van der Waals surface area (Å²) in [6, 6.07) is 5.46. The largest absolute Gasteiger partial charge is 0.462 e. The predicted octanol–water partition coefficient (Wildman–Crippen LogP) is 1.74. The van der Waals surface area contributed by atoms with Gasteiger partial charge in [0, 0.05) is 20.2 Å². The van der Waals surface area contributed by atoms with E-state index in [9.17, 15) is 9.59 Å². The van der Waals surface area contributed by atoms with Gasteiger partial charge in [0.05, 0.1) is 25.2 Å². The summed E-state index contributed by atoms with van der Waals surface area (Å²) < 4.78 is 9.90. The Morgan fingerprint density at radius 3 is 2.70 bits per heavy atom. The lowest BCUT2D eigenvalue weighted by molar-refractivity contribution is -0.132. The minimum Gasteiger partial charge on any atom is -0.462 e. The molecule has 0 fully saturated rings. The van der Waals surface area contributed by atoms with Crippen LogP contribution < -0.4 is 0 Å². The van der Waals surface area contributed by atoms with Crippen LogP contribution in [-0.4, -0.2) is 37.1 Å². The number of nitrogens with zero attached hydrogens (tertiary/aromatic N) is 1. The van der Waals surface area contributed by atoms with Crippen LogP contribution in [0, 0.1) is 0 Å². The van der Waals surface area contributed by atoms with Gasteiger partial charge in [0.25, 0.3) is 0 Å². The molecular weight excluding hydrogens is 258 g/mol. The SMILES string of the molecule is CCOC(=O)c1ccc2c(c1)CN(C(=O)CCOC)C2. The van der Waals surface area contributed by atoms with Crippen LogP contribution in [0.3, 0.4) is 0 Å². The summed E-state index contributed by atoms with van der Waals surface area (Å²) in [5.74, 6) is -0.250. The number of methoxy groups -OCH3 is 1. The molecule has 1 aromatic rings. The molecule has 0 radical (unpaired) electrons. The number of hydrogen-bond donors (Lipinski definition) is 0. The average Bonchev–Trinajstić information content (AvgIpc) is 2.87. The molecule has 20 heavy (non-hydrogen) atoms. The zero-order valence-corrected chi connectivity index (χ0v) is 11.8. The third kappa shape index (κ3) is 3.17. The third-order valence-corrected chi connectivity index (χ3v) is 3.31. The number of benzene rings is 1. The Morgan fingerprint density at radius 1 is 1.25 bits per heavy atom. The Hall–Kier alpha value is -1.88. The molecule has 5 heteroatoms. The van der Waals surface area contributed by atoms with Crippen LogP contribution in [0.2, 0.25) is 0 Å². The fourth-order valence-corrected chi connectivity index (χ4v) is 2.26. The zero-order chi connectivity index (χ0) is 14.5. The topological polar surface area (TPSA) is 55.8 Å². The van der Waals surface area contributed by atoms with Crippen molar-refractivity contribution in [1.29, 1.82) is 0 Å². The molecule has 1 heterocycles. The van der Waals surface area contributed by atoms with Gasteiger partial charge >= 0.3 is 5.97 Å². The van der Waals surface area contributed by atoms with Crippen LogP contribution in [0.25, 0.3) is 0 Å². The molecule has 5 nitrogen and oxygen atoms in total. The molecule has 0 saturated heterocycles. The van der Waals surface area contributed by atoms with Gasteiger partial charge in [-0.2, -0.15) is 0 Å². The van der Waals surface area contributed by atoms with Crippen molar-refractivity contribution in [1.82, 2.24) is 4.90 Å². The van der Waals surface area contributed by atoms with Gasteiger partial charge in [-0.15, -0.1) is 0 Å². The first-order chi connectivity index (χ1) is 9.65. The van der Waals surface area contributed by atoms with Crippen LogP contribution in [0.4, 0.5) is 0 Å². The highest BCUT2D eigenvalue weighted by atomic mass is 16.5. The number of esters is 1. The van der Waals surface area contributed by atoms with Gasteiger partial charge in [0.2, 0.25) is 5.91 Å². The van der Waals surface area contributed by atoms with E-state index in [4.69, 9.17) is 9.47 Å². The highest BCUT2D eigenvalue weighted by Crippen LogP contribution is 2.24. The minimum atomic E-state index is -0.320. The first-order valence-electron chi connectivity index (χ1n) is 6.71. The molecule has 0 atom stereocenters. The van der Waals surface area contributed by atoms with E-state index in [2.05, 4.69) is 0 Å². The summed E-state index contributed by atoms with van der Waals surface area (Å²) in [7, 11) is 1.58. The lowest BCUT2D eigenvalue weighted by atomic mass is 10.1. The number of carbonyl (C=O) groups excluding carboxylic acids is 2. The van der Waals surface area contributed by atoms with Gasteiger partial charge in [-0.3, -0.25) is 4.79 Å². The van der Waals surface area contributed by atoms with Crippen LogP contribution in [0.15, 0.2) is 18.2 Å². The summed E-state index contributed by atoms with van der Waals surface area (Å²) in [6.07, 6.45) is 0.384. The van der Waals surface area contributed by atoms with Crippen LogP contribution in [0.1, 0.15) is 34.8 Å². The van der Waals surface area contributed by atoms with Crippen molar-refractivity contribution < 1.29 is 19.1 Å². The van der Waals surface area contributed by atoms with E-state index in [1.807, 2.05) is 12.1 Å². The smallest absolute Gasteiger partial charge is 0.338 e. The molecule has 0 saturated carbocycles. The number of rotatable bonds is 5. The maximum atomic E-state index is 11.9. The van der Waals surface area contributed by atoms with Crippen molar-refractivity contribution in [3.63, 3.8) is 0 Å². The second-order valence-corrected chi connectivity index (χ2v) is 4.70. The van der Waals surface area contributed by atoms with E-state index in [1.165, 1.54) is 0 Å². The molecule has 0 unspecified atom stereocenters. The first-order valence-corrected chi connectivity index (χ1v) is 6.71. The van der Waals surface area contributed by atoms with Gasteiger partial charge in [0.15, 0.2) is 0 Å². The fourth-order valence-electron chi connectivity index (χ4n) is 2.26. The highest BCUT2D eigenvalue weighted by Gasteiger charge is 2.24. The number of carbonyl (C=O) groups is 2. The van der Waals surface area contributed by atoms with Crippen LogP contribution in [-0.2, 0) is 27.4 Å². The molecule has 1 aromatic carbocycles. The van der Waals surface area contributed by atoms with E-state index in [-0.39, 0.29) is 11.9 Å². The van der Waals surface area contributed by atoms with Crippen LogP contribution >= 0.6 is 0 Å². The van der Waals surface area contributed by atoms with E-state index in [0.29, 0.717) is 38.3 Å². The fraction of sp³-hybridized carbons (Fsp3) is 0.467. The maximum Gasteiger partial charge on any atom is 0.338 e. The summed E-state index contributed by atoms with van der Waals surface area (Å²) in [6.45, 7) is 3.71. The van der Waals surface area contributed by atoms with Crippen molar-refractivity contribution in [3.05, 3.63) is 34.9 Å². The molecule has 0 N–H and O–H groups in total. The number of hydrogen-bond acceptors (Lipinski definition) is 4. The Labute approximate surface area is 118 Å². The maximum absolute atomic E-state index is 11.9. The summed E-state index contributed by atoms with van der Waals surface area (Å²) in [5, 5.41) is 0. The second kappa shape index (κ2) is 6.52. The van der Waals surface area contributed by atoms with Crippen molar-refractivity contribution >= 4 is 11.9 Å². The molecule has 1 amide bonds. The predicted molar refractivity (Wildman–Crippen MR) is 73.1 cm³/mol. The van der Waals surface area contributed by atoms with Crippen molar-refractivity contribution in [2.75, 3.05) is 20.3 Å². The number of ether oxygens (including phenoxy) is 2. The van der Waals surface area contributed by atoms with Gasteiger partial charge in [-0.1, -0.05) is 6.07 Å². The van der Waals surface area contributed by atoms with E-state index < -0.39 is 0 Å². The Morgan fingerprint density at radius 2 is 2.00 bits per heavy atom. The standard InChI is InChI=1S/C15H19NO4/c1-3-20-15(18)11-4-5-12-9-16(10-13(12)8-11)14(17)6-7-19-2/h4-5,8H,3,6-7,9-10H2,1-2H3. The quantitative estimate of drug-likeness (QED) is 0.769. The van der Waals surface area contributed by atoms with Crippen molar-refractivity contribution in [2.45, 2.75) is 26.4 Å². The van der Waals surface area contributed by atoms with E-state index in [1.54, 1.807) is 25.0 Å². The molecule has 108 valence electrons. The Balaban J connectivity index is 2.05. The molecule has 0 aliphatic carbocycles. The lowest BCUT2D eigenvalue weighted by Gasteiger charge is -2.14. The minimum absolute atomic E-state index is 0.0701. The lowest BCUT2D eigenvalue weighted by Crippen LogP contribution is -2.26. The van der Waals surface area contributed by atoms with Crippen molar-refractivity contribution in [2.24, 2.45) is 0 Å². The molecular formula is C15H19NO4. The van der Waals surface area contributed by atoms with E-state index >= 15 is 0 Å². The van der Waals surface area contributed by atoms with Crippen molar-refractivity contribution in [3.8, 4) is 0 Å². The summed E-state index contributed by atoms with van der Waals surface area (Å²) >= 11 is 0. The van der Waals surface area contributed by atoms with Gasteiger partial charge in [0.1, 0.15) is 0 Å². The highest BCUT2D eigenvalue weighted by molar-refractivity contribution is 5.90. The van der Waals surface area contributed by atoms with Gasteiger partial charge < -0.3 is 14.4 Å². The third-order valence-electron chi connectivity index (χ3n) is 3.31. The van der Waals surface area contributed by atoms with Crippen LogP contribution in [0.5, 0.6) is 0 Å². The molecule has 1 aliphatic rings. The average molecular weight is 277 g/mol. The monoisotopic (exact) mass is 277 g/mol. The zero-order valence-electron chi connectivity index (χ0n) is 11.8. The van der Waals surface area contributed by atoms with E-state index in [0.717, 1.165) is 11.1 Å². The molecule has 0 bridgehead atoms. The Bertz CT molecular complexity index is 513. The summed E-state index contributed by atoms with van der Waals surface area (Å²) in [4.78, 5) is 25.4. The summed E-state index contributed by atoms with van der Waals surface area (Å²) in [5.41, 5.74) is 2.64. The Kier molecular flexibility index (Phi) is 4.74. The number of amides is 1. The van der Waals surface area contributed by atoms with Gasteiger partial charge in [-0.05, 0) is 30.2 Å². The molecule has 0 aromatic heterocycles. The first kappa shape index (κ1) is 14.5.